The van der Waals surface area contributed by atoms with Crippen LogP contribution in [0.3, 0.4) is 0 Å². The molecule has 8 heteroatoms. The predicted molar refractivity (Wildman–Crippen MR) is 86.0 cm³/mol. The number of hydrogen-bond acceptors (Lipinski definition) is 5. The molecule has 1 atom stereocenters. The summed E-state index contributed by atoms with van der Waals surface area (Å²) in [5.74, 6) is -0.166. The Morgan fingerprint density at radius 2 is 2.10 bits per heavy atom. The summed E-state index contributed by atoms with van der Waals surface area (Å²) in [6.07, 6.45) is 0.700. The van der Waals surface area contributed by atoms with Gasteiger partial charge in [0, 0.05) is 26.7 Å². The number of thiophene rings is 1. The molecule has 1 rings (SSSR count). The Bertz CT molecular complexity index is 411. The van der Waals surface area contributed by atoms with Crippen LogP contribution in [0.4, 0.5) is 0 Å². The third-order valence-corrected chi connectivity index (χ3v) is 3.58. The maximum absolute atomic E-state index is 11.6. The Morgan fingerprint density at radius 1 is 1.38 bits per heavy atom. The van der Waals surface area contributed by atoms with Crippen LogP contribution in [0.5, 0.6) is 0 Å². The fourth-order valence-corrected chi connectivity index (χ4v) is 2.19. The van der Waals surface area contributed by atoms with E-state index in [1.807, 2.05) is 11.4 Å². The summed E-state index contributed by atoms with van der Waals surface area (Å²) in [5.41, 5.74) is 5.44. The Morgan fingerprint density at radius 3 is 2.67 bits per heavy atom. The molecule has 6 nitrogen and oxygen atoms in total. The predicted octanol–water partition coefficient (Wildman–Crippen LogP) is 0.770. The normalized spacial score (nSPS) is 11.3. The van der Waals surface area contributed by atoms with Crippen molar-refractivity contribution in [2.75, 3.05) is 26.7 Å². The van der Waals surface area contributed by atoms with E-state index in [-0.39, 0.29) is 36.7 Å². The van der Waals surface area contributed by atoms with E-state index < -0.39 is 0 Å². The van der Waals surface area contributed by atoms with E-state index in [9.17, 15) is 9.59 Å². The van der Waals surface area contributed by atoms with E-state index in [1.54, 1.807) is 6.07 Å². The van der Waals surface area contributed by atoms with Crippen LogP contribution in [0.1, 0.15) is 22.5 Å². The molecule has 0 saturated heterocycles. The van der Waals surface area contributed by atoms with Gasteiger partial charge >= 0.3 is 0 Å². The van der Waals surface area contributed by atoms with Crippen molar-refractivity contribution < 1.29 is 14.3 Å². The van der Waals surface area contributed by atoms with E-state index in [0.717, 1.165) is 0 Å². The summed E-state index contributed by atoms with van der Waals surface area (Å²) in [6.45, 7) is 1.37. The monoisotopic (exact) mass is 335 g/mol. The van der Waals surface area contributed by atoms with E-state index in [0.29, 0.717) is 30.9 Å². The van der Waals surface area contributed by atoms with Gasteiger partial charge in [0.1, 0.15) is 0 Å². The third kappa shape index (κ3) is 8.01. The molecule has 4 N–H and O–H groups in total. The maximum Gasteiger partial charge on any atom is 0.261 e. The molecule has 1 heterocycles. The largest absolute Gasteiger partial charge is 0.380 e. The van der Waals surface area contributed by atoms with Crippen LogP contribution in [0.25, 0.3) is 0 Å². The number of methoxy groups -OCH3 is 1. The summed E-state index contributed by atoms with van der Waals surface area (Å²) in [6, 6.07) is 3.61. The van der Waals surface area contributed by atoms with Crippen LogP contribution < -0.4 is 16.4 Å². The van der Waals surface area contributed by atoms with Crippen molar-refractivity contribution in [1.82, 2.24) is 10.6 Å². The Kier molecular flexibility index (Phi) is 10.9. The maximum atomic E-state index is 11.6. The Hall–Kier alpha value is -1.15. The first-order chi connectivity index (χ1) is 9.67. The first kappa shape index (κ1) is 19.9. The zero-order valence-electron chi connectivity index (χ0n) is 12.0. The number of rotatable bonds is 9. The molecule has 1 aromatic heterocycles. The molecule has 0 aliphatic rings. The molecule has 21 heavy (non-hydrogen) atoms. The fourth-order valence-electron chi connectivity index (χ4n) is 1.55. The van der Waals surface area contributed by atoms with Gasteiger partial charge in [-0.2, -0.15) is 0 Å². The lowest BCUT2D eigenvalue weighted by Crippen LogP contribution is -2.34. The highest BCUT2D eigenvalue weighted by atomic mass is 35.5. The van der Waals surface area contributed by atoms with Gasteiger partial charge in [0.25, 0.3) is 5.91 Å². The first-order valence-corrected chi connectivity index (χ1v) is 7.36. The molecule has 1 unspecified atom stereocenters. The third-order valence-electron chi connectivity index (χ3n) is 2.72. The summed E-state index contributed by atoms with van der Waals surface area (Å²) in [7, 11) is 1.53. The van der Waals surface area contributed by atoms with Gasteiger partial charge in [-0.25, -0.2) is 0 Å². The minimum Gasteiger partial charge on any atom is -0.380 e. The number of ether oxygens (including phenoxy) is 1. The van der Waals surface area contributed by atoms with Crippen molar-refractivity contribution in [1.29, 1.82) is 0 Å². The number of carbonyl (C=O) groups is 2. The van der Waals surface area contributed by atoms with Crippen LogP contribution in [0.2, 0.25) is 0 Å². The number of carbonyl (C=O) groups excluding carboxylic acids is 2. The van der Waals surface area contributed by atoms with E-state index in [4.69, 9.17) is 10.5 Å². The highest BCUT2D eigenvalue weighted by Crippen LogP contribution is 2.07. The number of halogens is 1. The van der Waals surface area contributed by atoms with Crippen LogP contribution in [-0.4, -0.2) is 44.7 Å². The Balaban J connectivity index is 0.00000400. The number of nitrogens with one attached hydrogen (secondary N) is 2. The lowest BCUT2D eigenvalue weighted by atomic mass is 10.2. The molecule has 0 spiro atoms. The second-order valence-electron chi connectivity index (χ2n) is 4.23. The van der Waals surface area contributed by atoms with Crippen molar-refractivity contribution >= 4 is 35.6 Å². The molecule has 0 aliphatic heterocycles. The van der Waals surface area contributed by atoms with E-state index in [1.165, 1.54) is 18.4 Å². The zero-order chi connectivity index (χ0) is 14.8. The van der Waals surface area contributed by atoms with Crippen molar-refractivity contribution in [2.45, 2.75) is 18.9 Å². The van der Waals surface area contributed by atoms with E-state index >= 15 is 0 Å². The minimum absolute atomic E-state index is 0. The van der Waals surface area contributed by atoms with Gasteiger partial charge in [-0.1, -0.05) is 6.07 Å². The quantitative estimate of drug-likeness (QED) is 0.581. The molecule has 1 aromatic rings. The highest BCUT2D eigenvalue weighted by Gasteiger charge is 2.10. The molecular weight excluding hydrogens is 314 g/mol. The van der Waals surface area contributed by atoms with Crippen molar-refractivity contribution in [3.05, 3.63) is 22.4 Å². The fraction of sp³-hybridized carbons (Fsp3) is 0.538. The zero-order valence-corrected chi connectivity index (χ0v) is 13.6. The second-order valence-corrected chi connectivity index (χ2v) is 5.18. The van der Waals surface area contributed by atoms with Gasteiger partial charge in [-0.15, -0.1) is 23.7 Å². The molecule has 0 radical (unpaired) electrons. The summed E-state index contributed by atoms with van der Waals surface area (Å²) >= 11 is 1.40. The first-order valence-electron chi connectivity index (χ1n) is 6.48. The van der Waals surface area contributed by atoms with Crippen molar-refractivity contribution in [3.8, 4) is 0 Å². The molecule has 2 amide bonds. The van der Waals surface area contributed by atoms with Gasteiger partial charge in [0.2, 0.25) is 5.91 Å². The molecule has 0 aliphatic carbocycles. The van der Waals surface area contributed by atoms with Crippen molar-refractivity contribution in [2.24, 2.45) is 5.73 Å². The van der Waals surface area contributed by atoms with Gasteiger partial charge < -0.3 is 21.1 Å². The van der Waals surface area contributed by atoms with Crippen molar-refractivity contribution in [3.63, 3.8) is 0 Å². The van der Waals surface area contributed by atoms with Crippen LogP contribution in [0, 0.1) is 0 Å². The van der Waals surface area contributed by atoms with Crippen LogP contribution >= 0.6 is 23.7 Å². The SMILES string of the molecule is COC(CN)CC(=O)NCCCNC(=O)c1cccs1.Cl. The smallest absolute Gasteiger partial charge is 0.261 e. The number of nitrogens with two attached hydrogens (primary N) is 1. The lowest BCUT2D eigenvalue weighted by Gasteiger charge is -2.12. The summed E-state index contributed by atoms with van der Waals surface area (Å²) < 4.78 is 5.03. The summed E-state index contributed by atoms with van der Waals surface area (Å²) in [4.78, 5) is 23.8. The van der Waals surface area contributed by atoms with Gasteiger partial charge in [-0.05, 0) is 17.9 Å². The molecule has 120 valence electrons. The average molecular weight is 336 g/mol. The summed E-state index contributed by atoms with van der Waals surface area (Å²) in [5, 5.41) is 7.42. The molecule has 0 fully saturated rings. The average Bonchev–Trinajstić information content (AvgIpc) is 2.98. The molecular formula is C13H22ClN3O3S. The number of hydrogen-bond donors (Lipinski definition) is 3. The standard InChI is InChI=1S/C13H21N3O3S.ClH/c1-19-10(9-14)8-12(17)15-5-3-6-16-13(18)11-4-2-7-20-11;/h2,4,7,10H,3,5-6,8-9,14H2,1H3,(H,15,17)(H,16,18);1H. The van der Waals surface area contributed by atoms with Crippen LogP contribution in [-0.2, 0) is 9.53 Å². The molecule has 0 aromatic carbocycles. The number of amides is 2. The molecule has 0 bridgehead atoms. The lowest BCUT2D eigenvalue weighted by molar-refractivity contribution is -0.123. The minimum atomic E-state index is -0.242. The van der Waals surface area contributed by atoms with Crippen LogP contribution in [0.15, 0.2) is 17.5 Å². The topological polar surface area (TPSA) is 93.4 Å². The van der Waals surface area contributed by atoms with E-state index in [2.05, 4.69) is 10.6 Å². The van der Waals surface area contributed by atoms with Gasteiger partial charge in [0.15, 0.2) is 0 Å². The molecule has 0 saturated carbocycles. The van der Waals surface area contributed by atoms with Gasteiger partial charge in [-0.3, -0.25) is 9.59 Å². The highest BCUT2D eigenvalue weighted by molar-refractivity contribution is 7.12. The Labute approximate surface area is 134 Å². The second kappa shape index (κ2) is 11.5. The van der Waals surface area contributed by atoms with Gasteiger partial charge in [0.05, 0.1) is 17.4 Å².